The average molecular weight is 248 g/mol. The van der Waals surface area contributed by atoms with Gasteiger partial charge in [0.25, 0.3) is 0 Å². The van der Waals surface area contributed by atoms with E-state index in [9.17, 15) is 0 Å². The summed E-state index contributed by atoms with van der Waals surface area (Å²) in [6, 6.07) is 0. The van der Waals surface area contributed by atoms with Gasteiger partial charge in [0.2, 0.25) is 0 Å². The molecule has 0 N–H and O–H groups in total. The SMILES string of the molecule is c1cn(CCN2CCN(CC3CCC3)CC2)cn1. The van der Waals surface area contributed by atoms with Crippen LogP contribution < -0.4 is 0 Å². The number of rotatable bonds is 5. The molecule has 0 bridgehead atoms. The molecule has 0 aromatic carbocycles. The lowest BCUT2D eigenvalue weighted by Gasteiger charge is -2.38. The fraction of sp³-hybridized carbons (Fsp3) is 0.786. The van der Waals surface area contributed by atoms with Gasteiger partial charge < -0.3 is 9.47 Å². The van der Waals surface area contributed by atoms with E-state index in [1.165, 1.54) is 52.0 Å². The third kappa shape index (κ3) is 3.12. The third-order valence-electron chi connectivity index (χ3n) is 4.44. The van der Waals surface area contributed by atoms with Crippen molar-refractivity contribution in [3.05, 3.63) is 18.7 Å². The van der Waals surface area contributed by atoms with E-state index in [4.69, 9.17) is 0 Å². The van der Waals surface area contributed by atoms with Crippen LogP contribution in [0.4, 0.5) is 0 Å². The van der Waals surface area contributed by atoms with Crippen molar-refractivity contribution in [1.82, 2.24) is 19.4 Å². The number of hydrogen-bond acceptors (Lipinski definition) is 3. The Morgan fingerprint density at radius 2 is 1.78 bits per heavy atom. The van der Waals surface area contributed by atoms with Crippen LogP contribution in [0.15, 0.2) is 18.7 Å². The standard InChI is InChI=1S/C14H24N4/c1-2-14(3-1)12-17-9-6-16(7-10-17)8-11-18-5-4-15-13-18/h4-5,13-14H,1-3,6-12H2. The summed E-state index contributed by atoms with van der Waals surface area (Å²) in [5.41, 5.74) is 0. The normalized spacial score (nSPS) is 23.1. The monoisotopic (exact) mass is 248 g/mol. The zero-order chi connectivity index (χ0) is 12.2. The molecule has 100 valence electrons. The van der Waals surface area contributed by atoms with Crippen LogP contribution in [0.1, 0.15) is 19.3 Å². The van der Waals surface area contributed by atoms with Crippen molar-refractivity contribution in [2.24, 2.45) is 5.92 Å². The summed E-state index contributed by atoms with van der Waals surface area (Å²) >= 11 is 0. The van der Waals surface area contributed by atoms with Crippen molar-refractivity contribution in [1.29, 1.82) is 0 Å². The van der Waals surface area contributed by atoms with Crippen molar-refractivity contribution < 1.29 is 0 Å². The van der Waals surface area contributed by atoms with Crippen LogP contribution in [-0.2, 0) is 6.54 Å². The number of imidazole rings is 1. The minimum Gasteiger partial charge on any atom is -0.336 e. The Morgan fingerprint density at radius 1 is 1.00 bits per heavy atom. The molecule has 3 rings (SSSR count). The first-order valence-corrected chi connectivity index (χ1v) is 7.30. The van der Waals surface area contributed by atoms with Crippen LogP contribution in [0.3, 0.4) is 0 Å². The molecule has 4 heteroatoms. The summed E-state index contributed by atoms with van der Waals surface area (Å²) in [5.74, 6) is 1.02. The second-order valence-electron chi connectivity index (χ2n) is 5.74. The molecule has 18 heavy (non-hydrogen) atoms. The highest BCUT2D eigenvalue weighted by molar-refractivity contribution is 4.79. The minimum atomic E-state index is 1.02. The van der Waals surface area contributed by atoms with E-state index in [1.807, 2.05) is 18.7 Å². The number of hydrogen-bond donors (Lipinski definition) is 0. The number of nitrogens with zero attached hydrogens (tertiary/aromatic N) is 4. The Labute approximate surface area is 110 Å². The summed E-state index contributed by atoms with van der Waals surface area (Å²) in [6.45, 7) is 8.59. The highest BCUT2D eigenvalue weighted by Crippen LogP contribution is 2.27. The maximum atomic E-state index is 4.08. The maximum absolute atomic E-state index is 4.08. The van der Waals surface area contributed by atoms with Gasteiger partial charge in [0.15, 0.2) is 0 Å². The first-order valence-electron chi connectivity index (χ1n) is 7.30. The van der Waals surface area contributed by atoms with Crippen molar-refractivity contribution in [2.45, 2.75) is 25.8 Å². The molecule has 2 aliphatic rings. The average Bonchev–Trinajstić information content (AvgIpc) is 2.86. The quantitative estimate of drug-likeness (QED) is 0.785. The number of aromatic nitrogens is 2. The molecule has 1 saturated carbocycles. The van der Waals surface area contributed by atoms with Gasteiger partial charge in [-0.25, -0.2) is 4.98 Å². The Kier molecular flexibility index (Phi) is 3.96. The van der Waals surface area contributed by atoms with E-state index in [0.29, 0.717) is 0 Å². The molecule has 2 heterocycles. The topological polar surface area (TPSA) is 24.3 Å². The van der Waals surface area contributed by atoms with E-state index in [2.05, 4.69) is 19.4 Å². The second kappa shape index (κ2) is 5.85. The van der Waals surface area contributed by atoms with Crippen LogP contribution in [0.2, 0.25) is 0 Å². The highest BCUT2D eigenvalue weighted by Gasteiger charge is 2.23. The first kappa shape index (κ1) is 12.2. The van der Waals surface area contributed by atoms with Gasteiger partial charge in [-0.2, -0.15) is 0 Å². The van der Waals surface area contributed by atoms with Crippen LogP contribution in [-0.4, -0.2) is 58.6 Å². The zero-order valence-electron chi connectivity index (χ0n) is 11.2. The van der Waals surface area contributed by atoms with Gasteiger partial charge in [-0.05, 0) is 18.8 Å². The molecule has 1 aliphatic heterocycles. The lowest BCUT2D eigenvalue weighted by molar-refractivity contribution is 0.0985. The molecule has 1 aromatic rings. The maximum Gasteiger partial charge on any atom is 0.0946 e. The van der Waals surface area contributed by atoms with Gasteiger partial charge in [0.1, 0.15) is 0 Å². The Balaban J connectivity index is 1.34. The summed E-state index contributed by atoms with van der Waals surface area (Å²) < 4.78 is 2.17. The van der Waals surface area contributed by atoms with E-state index in [1.54, 1.807) is 0 Å². The molecular formula is C14H24N4. The fourth-order valence-corrected chi connectivity index (χ4v) is 2.91. The van der Waals surface area contributed by atoms with Crippen LogP contribution in [0.5, 0.6) is 0 Å². The van der Waals surface area contributed by atoms with Crippen molar-refractivity contribution in [3.63, 3.8) is 0 Å². The van der Waals surface area contributed by atoms with E-state index in [0.717, 1.165) is 19.0 Å². The first-order chi connectivity index (χ1) is 8.90. The van der Waals surface area contributed by atoms with E-state index >= 15 is 0 Å². The molecule has 1 aliphatic carbocycles. The summed E-state index contributed by atoms with van der Waals surface area (Å²) in [5, 5.41) is 0. The van der Waals surface area contributed by atoms with Gasteiger partial charge in [-0.1, -0.05) is 6.42 Å². The molecule has 0 spiro atoms. The van der Waals surface area contributed by atoms with Crippen LogP contribution in [0, 0.1) is 5.92 Å². The van der Waals surface area contributed by atoms with Gasteiger partial charge in [0.05, 0.1) is 6.33 Å². The summed E-state index contributed by atoms with van der Waals surface area (Å²) in [4.78, 5) is 9.33. The molecule has 0 unspecified atom stereocenters. The predicted octanol–water partition coefficient (Wildman–Crippen LogP) is 1.30. The van der Waals surface area contributed by atoms with Gasteiger partial charge in [0, 0.05) is 58.2 Å². The molecule has 0 radical (unpaired) electrons. The van der Waals surface area contributed by atoms with Gasteiger partial charge >= 0.3 is 0 Å². The van der Waals surface area contributed by atoms with Gasteiger partial charge in [-0.3, -0.25) is 4.90 Å². The molecule has 0 atom stereocenters. The van der Waals surface area contributed by atoms with Crippen molar-refractivity contribution in [2.75, 3.05) is 39.3 Å². The van der Waals surface area contributed by atoms with Gasteiger partial charge in [-0.15, -0.1) is 0 Å². The van der Waals surface area contributed by atoms with Crippen molar-refractivity contribution >= 4 is 0 Å². The lowest BCUT2D eigenvalue weighted by Crippen LogP contribution is -2.48. The number of piperazine rings is 1. The molecule has 2 fully saturated rings. The summed E-state index contributed by atoms with van der Waals surface area (Å²) in [6.07, 6.45) is 10.2. The van der Waals surface area contributed by atoms with Crippen molar-refractivity contribution in [3.8, 4) is 0 Å². The molecule has 4 nitrogen and oxygen atoms in total. The highest BCUT2D eigenvalue weighted by atomic mass is 15.3. The van der Waals surface area contributed by atoms with Crippen LogP contribution >= 0.6 is 0 Å². The zero-order valence-corrected chi connectivity index (χ0v) is 11.2. The third-order valence-corrected chi connectivity index (χ3v) is 4.44. The Hall–Kier alpha value is -0.870. The molecule has 1 saturated heterocycles. The second-order valence-corrected chi connectivity index (χ2v) is 5.74. The summed E-state index contributed by atoms with van der Waals surface area (Å²) in [7, 11) is 0. The van der Waals surface area contributed by atoms with Crippen LogP contribution in [0.25, 0.3) is 0 Å². The fourth-order valence-electron chi connectivity index (χ4n) is 2.91. The van der Waals surface area contributed by atoms with E-state index in [-0.39, 0.29) is 0 Å². The lowest BCUT2D eigenvalue weighted by atomic mass is 9.85. The Morgan fingerprint density at radius 3 is 2.39 bits per heavy atom. The van der Waals surface area contributed by atoms with E-state index < -0.39 is 0 Å². The molecule has 1 aromatic heterocycles. The minimum absolute atomic E-state index is 1.02. The predicted molar refractivity (Wildman–Crippen MR) is 72.4 cm³/mol. The molecular weight excluding hydrogens is 224 g/mol. The molecule has 0 amide bonds. The Bertz CT molecular complexity index is 337. The largest absolute Gasteiger partial charge is 0.336 e. The smallest absolute Gasteiger partial charge is 0.0946 e.